The Kier molecular flexibility index (Phi) is 12.0. The second kappa shape index (κ2) is 14.3. The van der Waals surface area contributed by atoms with Gasteiger partial charge in [-0.3, -0.25) is 9.80 Å². The fourth-order valence-electron chi connectivity index (χ4n) is 7.69. The van der Waals surface area contributed by atoms with Gasteiger partial charge in [-0.15, -0.1) is 0 Å². The van der Waals surface area contributed by atoms with Crippen LogP contribution in [-0.2, 0) is 0 Å². The molecule has 0 unspecified atom stereocenters. The van der Waals surface area contributed by atoms with Crippen LogP contribution < -0.4 is 15.1 Å². The van der Waals surface area contributed by atoms with Crippen LogP contribution in [0.25, 0.3) is 0 Å². The Hall–Kier alpha value is -1.45. The normalized spacial score (nSPS) is 22.5. The molecule has 3 rings (SSSR count). The van der Waals surface area contributed by atoms with Gasteiger partial charge in [0.05, 0.1) is 0 Å². The molecule has 0 aliphatic carbocycles. The lowest BCUT2D eigenvalue weighted by Crippen LogP contribution is -2.63. The molecule has 2 aliphatic heterocycles. The molecule has 0 spiro atoms. The van der Waals surface area contributed by atoms with Gasteiger partial charge >= 0.3 is 0 Å². The quantitative estimate of drug-likeness (QED) is 0.203. The number of hydrogen-bond donors (Lipinski definition) is 1. The van der Waals surface area contributed by atoms with Gasteiger partial charge in [0.15, 0.2) is 0 Å². The summed E-state index contributed by atoms with van der Waals surface area (Å²) >= 11 is 0. The second-order valence-corrected chi connectivity index (χ2v) is 17.1. The lowest BCUT2D eigenvalue weighted by Gasteiger charge is -2.56. The number of piperidine rings is 2. The first-order valence-electron chi connectivity index (χ1n) is 17.5. The lowest BCUT2D eigenvalue weighted by atomic mass is 9.77. The van der Waals surface area contributed by atoms with E-state index >= 15 is 0 Å². The SMILES string of the molecule is CCCCN(c1nc(NCCC[SiH3])nc(N(CCCC)C2CC(C)(C)N(C)C(C)(C)C2)n1)C1CC(C)(C)N(C)C(C)(C)C1. The number of hydrogen-bond acceptors (Lipinski definition) is 8. The van der Waals surface area contributed by atoms with Gasteiger partial charge in [0.25, 0.3) is 0 Å². The third-order valence-electron chi connectivity index (χ3n) is 10.9. The van der Waals surface area contributed by atoms with E-state index in [9.17, 15) is 0 Å². The second-order valence-electron chi connectivity index (χ2n) is 16.1. The first-order valence-corrected chi connectivity index (χ1v) is 18.9. The van der Waals surface area contributed by atoms with Gasteiger partial charge < -0.3 is 15.1 Å². The molecule has 1 aromatic heterocycles. The number of unbranched alkanes of at least 4 members (excludes halogenated alkanes) is 2. The highest BCUT2D eigenvalue weighted by molar-refractivity contribution is 6.08. The molecular formula is C34H68N8Si. The third kappa shape index (κ3) is 8.63. The number of likely N-dealkylation sites (tertiary alicyclic amines) is 2. The minimum absolute atomic E-state index is 0.0945. The molecule has 43 heavy (non-hydrogen) atoms. The third-order valence-corrected chi connectivity index (χ3v) is 11.6. The van der Waals surface area contributed by atoms with E-state index in [2.05, 4.69) is 108 Å². The zero-order valence-electron chi connectivity index (χ0n) is 30.5. The van der Waals surface area contributed by atoms with Crippen LogP contribution in [0.2, 0.25) is 6.04 Å². The highest BCUT2D eigenvalue weighted by Crippen LogP contribution is 2.42. The lowest BCUT2D eigenvalue weighted by molar-refractivity contribution is -0.0130. The van der Waals surface area contributed by atoms with Crippen molar-refractivity contribution in [2.24, 2.45) is 0 Å². The fourth-order valence-corrected chi connectivity index (χ4v) is 8.05. The summed E-state index contributed by atoms with van der Waals surface area (Å²) in [5.41, 5.74) is 0.378. The maximum Gasteiger partial charge on any atom is 0.232 e. The molecule has 3 heterocycles. The first kappa shape index (κ1) is 36.0. The van der Waals surface area contributed by atoms with Crippen molar-refractivity contribution >= 4 is 28.1 Å². The average molecular weight is 617 g/mol. The molecule has 0 atom stereocenters. The van der Waals surface area contributed by atoms with Crippen molar-refractivity contribution in [3.63, 3.8) is 0 Å². The number of anilines is 3. The Morgan fingerprint density at radius 2 is 1.05 bits per heavy atom. The van der Waals surface area contributed by atoms with Gasteiger partial charge in [-0.25, -0.2) is 0 Å². The first-order chi connectivity index (χ1) is 20.0. The van der Waals surface area contributed by atoms with E-state index in [4.69, 9.17) is 15.0 Å². The van der Waals surface area contributed by atoms with Crippen molar-refractivity contribution < 1.29 is 0 Å². The van der Waals surface area contributed by atoms with Crippen LogP contribution in [0.3, 0.4) is 0 Å². The molecule has 248 valence electrons. The number of nitrogens with one attached hydrogen (secondary N) is 1. The van der Waals surface area contributed by atoms with Gasteiger partial charge in [0, 0.05) is 64.1 Å². The zero-order chi connectivity index (χ0) is 32.2. The maximum atomic E-state index is 5.42. The predicted octanol–water partition coefficient (Wildman–Crippen LogP) is 5.97. The van der Waals surface area contributed by atoms with Crippen LogP contribution in [0.4, 0.5) is 17.8 Å². The minimum Gasteiger partial charge on any atom is -0.354 e. The molecule has 1 N–H and O–H groups in total. The van der Waals surface area contributed by atoms with E-state index in [1.165, 1.54) is 16.3 Å². The maximum absolute atomic E-state index is 5.42. The van der Waals surface area contributed by atoms with Crippen molar-refractivity contribution in [2.75, 3.05) is 48.8 Å². The highest BCUT2D eigenvalue weighted by atomic mass is 28.1. The van der Waals surface area contributed by atoms with E-state index in [-0.39, 0.29) is 22.2 Å². The average Bonchev–Trinajstić information content (AvgIpc) is 2.90. The molecule has 2 saturated heterocycles. The summed E-state index contributed by atoms with van der Waals surface area (Å²) in [4.78, 5) is 26.0. The monoisotopic (exact) mass is 617 g/mol. The van der Waals surface area contributed by atoms with Crippen molar-refractivity contribution in [1.29, 1.82) is 0 Å². The van der Waals surface area contributed by atoms with E-state index in [0.29, 0.717) is 12.1 Å². The summed E-state index contributed by atoms with van der Waals surface area (Å²) in [6, 6.07) is 2.04. The molecule has 0 bridgehead atoms. The van der Waals surface area contributed by atoms with E-state index in [0.717, 1.165) is 95.3 Å². The molecule has 9 heteroatoms. The molecule has 0 radical (unpaired) electrons. The van der Waals surface area contributed by atoms with Gasteiger partial charge in [-0.2, -0.15) is 15.0 Å². The van der Waals surface area contributed by atoms with Crippen molar-refractivity contribution in [3.05, 3.63) is 0 Å². The number of aromatic nitrogens is 3. The van der Waals surface area contributed by atoms with Crippen molar-refractivity contribution in [3.8, 4) is 0 Å². The predicted molar refractivity (Wildman–Crippen MR) is 190 cm³/mol. The van der Waals surface area contributed by atoms with E-state index in [1.54, 1.807) is 0 Å². The highest BCUT2D eigenvalue weighted by Gasteiger charge is 2.47. The Morgan fingerprint density at radius 3 is 1.37 bits per heavy atom. The molecule has 2 fully saturated rings. The number of rotatable bonds is 14. The van der Waals surface area contributed by atoms with Gasteiger partial charge in [0.2, 0.25) is 17.8 Å². The van der Waals surface area contributed by atoms with Crippen LogP contribution in [0, 0.1) is 0 Å². The zero-order valence-corrected chi connectivity index (χ0v) is 32.5. The summed E-state index contributed by atoms with van der Waals surface area (Å²) in [6.07, 6.45) is 10.1. The summed E-state index contributed by atoms with van der Waals surface area (Å²) in [7, 11) is 5.82. The largest absolute Gasteiger partial charge is 0.354 e. The summed E-state index contributed by atoms with van der Waals surface area (Å²) in [5.74, 6) is 2.47. The molecule has 2 aliphatic rings. The number of nitrogens with zero attached hydrogens (tertiary/aromatic N) is 7. The Bertz CT molecular complexity index is 917. The van der Waals surface area contributed by atoms with Crippen molar-refractivity contribution in [2.45, 2.75) is 167 Å². The summed E-state index contributed by atoms with van der Waals surface area (Å²) in [6.45, 7) is 26.6. The summed E-state index contributed by atoms with van der Waals surface area (Å²) in [5, 5.41) is 3.62. The molecular weight excluding hydrogens is 549 g/mol. The van der Waals surface area contributed by atoms with Crippen LogP contribution >= 0.6 is 0 Å². The Labute approximate surface area is 268 Å². The van der Waals surface area contributed by atoms with Crippen LogP contribution in [-0.4, -0.2) is 103 Å². The Morgan fingerprint density at radius 1 is 0.674 bits per heavy atom. The molecule has 8 nitrogen and oxygen atoms in total. The molecule has 1 aromatic rings. The minimum atomic E-state index is 0.0945. The van der Waals surface area contributed by atoms with Gasteiger partial charge in [-0.05, 0) is 114 Å². The van der Waals surface area contributed by atoms with Crippen molar-refractivity contribution in [1.82, 2.24) is 24.8 Å². The van der Waals surface area contributed by atoms with E-state index in [1.807, 2.05) is 0 Å². The summed E-state index contributed by atoms with van der Waals surface area (Å²) < 4.78 is 0. The standard InChI is InChI=1S/C34H68N8Si/c1-13-15-19-41(26-22-31(3,4)39(11)32(5,6)23-26)29-36-28(35-18-17-21-43)37-30(38-29)42(20-16-14-2)27-24-33(7,8)40(12)34(9,10)25-27/h26-27H,13-25H2,1-12,43H3,(H,35,36,37,38). The molecule has 0 amide bonds. The smallest absolute Gasteiger partial charge is 0.232 e. The van der Waals surface area contributed by atoms with Crippen LogP contribution in [0.5, 0.6) is 0 Å². The van der Waals surface area contributed by atoms with Crippen LogP contribution in [0.15, 0.2) is 0 Å². The van der Waals surface area contributed by atoms with Crippen LogP contribution in [0.1, 0.15) is 127 Å². The van der Waals surface area contributed by atoms with E-state index < -0.39 is 0 Å². The van der Waals surface area contributed by atoms with Gasteiger partial charge in [-0.1, -0.05) is 32.7 Å². The molecule has 0 aromatic carbocycles. The Balaban J connectivity index is 2.12. The fraction of sp³-hybridized carbons (Fsp3) is 0.912. The topological polar surface area (TPSA) is 63.7 Å². The molecule has 0 saturated carbocycles. The van der Waals surface area contributed by atoms with Gasteiger partial charge in [0.1, 0.15) is 0 Å².